The fourth-order valence-electron chi connectivity index (χ4n) is 4.32. The third-order valence-electron chi connectivity index (χ3n) is 6.29. The Morgan fingerprint density at radius 1 is 0.919 bits per heavy atom. The summed E-state index contributed by atoms with van der Waals surface area (Å²) in [4.78, 5) is 30.2. The molecule has 2 aromatic carbocycles. The Labute approximate surface area is 217 Å². The summed E-state index contributed by atoms with van der Waals surface area (Å²) >= 11 is 5.95. The summed E-state index contributed by atoms with van der Waals surface area (Å²) in [5.41, 5.74) is 3.04. The maximum Gasteiger partial charge on any atom is 0.244 e. The maximum absolute atomic E-state index is 13.5. The van der Waals surface area contributed by atoms with Crippen LogP contribution in [0.5, 0.6) is 0 Å². The van der Waals surface area contributed by atoms with Gasteiger partial charge in [-0.05, 0) is 66.6 Å². The van der Waals surface area contributed by atoms with E-state index < -0.39 is 0 Å². The fourth-order valence-corrected chi connectivity index (χ4v) is 4.47. The first-order valence-electron chi connectivity index (χ1n) is 11.9. The molecule has 1 saturated heterocycles. The summed E-state index contributed by atoms with van der Waals surface area (Å²) in [5, 5.41) is 4.76. The number of rotatable bonds is 6. The van der Waals surface area contributed by atoms with E-state index >= 15 is 0 Å². The van der Waals surface area contributed by atoms with Crippen molar-refractivity contribution in [3.05, 3.63) is 77.3 Å². The molecule has 0 spiro atoms. The second-order valence-electron chi connectivity index (χ2n) is 8.62. The number of nitrogens with zero attached hydrogens (tertiary/aromatic N) is 7. The number of halogens is 3. The molecule has 5 rings (SSSR count). The summed E-state index contributed by atoms with van der Waals surface area (Å²) in [5.74, 6) is -0.0713. The number of benzene rings is 2. The van der Waals surface area contributed by atoms with Crippen LogP contribution in [0.25, 0.3) is 22.8 Å². The zero-order chi connectivity index (χ0) is 25.9. The highest BCUT2D eigenvalue weighted by atomic mass is 35.5. The number of piperazine rings is 1. The minimum absolute atomic E-state index is 0.0365. The number of carbonyl (C=O) groups is 1. The normalized spacial score (nSPS) is 13.7. The first-order chi connectivity index (χ1) is 17.9. The molecule has 37 heavy (non-hydrogen) atoms. The van der Waals surface area contributed by atoms with E-state index in [-0.39, 0.29) is 29.4 Å². The number of hydrogen-bond acceptors (Lipinski definition) is 6. The van der Waals surface area contributed by atoms with Gasteiger partial charge in [-0.2, -0.15) is 0 Å². The van der Waals surface area contributed by atoms with Gasteiger partial charge in [-0.3, -0.25) is 4.79 Å². The van der Waals surface area contributed by atoms with E-state index in [9.17, 15) is 13.6 Å². The molecule has 1 aliphatic rings. The Bertz CT molecular complexity index is 1400. The summed E-state index contributed by atoms with van der Waals surface area (Å²) in [6.07, 6.45) is 2.46. The molecule has 1 amide bonds. The monoisotopic (exact) mass is 523 g/mol. The molecule has 1 aliphatic heterocycles. The standard InChI is InChI=1S/C26H24ClF2N7O/c1-2-21-22(15-30-26(27)31-21)34-11-13-35(14-12-34)23(37)16-36-25(18-5-9-20(29)10-6-18)32-24(33-36)17-3-7-19(28)8-4-17/h3-10,15H,2,11-14,16H2,1H3. The lowest BCUT2D eigenvalue weighted by atomic mass is 10.2. The Morgan fingerprint density at radius 2 is 1.54 bits per heavy atom. The molecular formula is C26H24ClF2N7O. The summed E-state index contributed by atoms with van der Waals surface area (Å²) in [7, 11) is 0. The van der Waals surface area contributed by atoms with Crippen molar-refractivity contribution in [2.45, 2.75) is 19.9 Å². The van der Waals surface area contributed by atoms with E-state index in [1.807, 2.05) is 6.92 Å². The van der Waals surface area contributed by atoms with Gasteiger partial charge in [-0.15, -0.1) is 5.10 Å². The molecule has 0 radical (unpaired) electrons. The van der Waals surface area contributed by atoms with E-state index in [1.54, 1.807) is 35.4 Å². The van der Waals surface area contributed by atoms with E-state index in [4.69, 9.17) is 11.6 Å². The van der Waals surface area contributed by atoms with Gasteiger partial charge >= 0.3 is 0 Å². The number of aryl methyl sites for hydroxylation is 1. The van der Waals surface area contributed by atoms with Crippen molar-refractivity contribution in [1.82, 2.24) is 29.6 Å². The predicted molar refractivity (Wildman–Crippen MR) is 136 cm³/mol. The van der Waals surface area contributed by atoms with Gasteiger partial charge in [0.2, 0.25) is 11.2 Å². The molecule has 8 nitrogen and oxygen atoms in total. The SMILES string of the molecule is CCc1nc(Cl)ncc1N1CCN(C(=O)Cn2nc(-c3ccc(F)cc3)nc2-c2ccc(F)cc2)CC1. The Kier molecular flexibility index (Phi) is 7.09. The molecule has 2 aromatic heterocycles. The Morgan fingerprint density at radius 3 is 2.16 bits per heavy atom. The molecule has 11 heteroatoms. The highest BCUT2D eigenvalue weighted by Crippen LogP contribution is 2.25. The van der Waals surface area contributed by atoms with Crippen LogP contribution in [0, 0.1) is 11.6 Å². The van der Waals surface area contributed by atoms with Crippen molar-refractivity contribution in [3.63, 3.8) is 0 Å². The van der Waals surface area contributed by atoms with Crippen LogP contribution >= 0.6 is 11.6 Å². The molecule has 0 atom stereocenters. The predicted octanol–water partition coefficient (Wildman–Crippen LogP) is 4.24. The quantitative estimate of drug-likeness (QED) is 0.352. The molecule has 1 fully saturated rings. The number of amides is 1. The van der Waals surface area contributed by atoms with Crippen molar-refractivity contribution >= 4 is 23.2 Å². The third-order valence-corrected chi connectivity index (χ3v) is 6.47. The second-order valence-corrected chi connectivity index (χ2v) is 8.96. The minimum Gasteiger partial charge on any atom is -0.365 e. The summed E-state index contributed by atoms with van der Waals surface area (Å²) in [6, 6.07) is 11.7. The van der Waals surface area contributed by atoms with Gasteiger partial charge in [0.1, 0.15) is 18.2 Å². The lowest BCUT2D eigenvalue weighted by Crippen LogP contribution is -2.50. The van der Waals surface area contributed by atoms with Gasteiger partial charge in [0.15, 0.2) is 11.6 Å². The van der Waals surface area contributed by atoms with Crippen LogP contribution in [0.3, 0.4) is 0 Å². The number of carbonyl (C=O) groups excluding carboxylic acids is 1. The van der Waals surface area contributed by atoms with Crippen molar-refractivity contribution in [1.29, 1.82) is 0 Å². The van der Waals surface area contributed by atoms with Gasteiger partial charge < -0.3 is 9.80 Å². The van der Waals surface area contributed by atoms with Gasteiger partial charge in [0, 0.05) is 37.3 Å². The molecular weight excluding hydrogens is 500 g/mol. The van der Waals surface area contributed by atoms with Gasteiger partial charge in [-0.25, -0.2) is 28.4 Å². The van der Waals surface area contributed by atoms with E-state index in [0.29, 0.717) is 49.0 Å². The highest BCUT2D eigenvalue weighted by molar-refractivity contribution is 6.28. The average molecular weight is 524 g/mol. The van der Waals surface area contributed by atoms with Crippen LogP contribution < -0.4 is 4.90 Å². The number of hydrogen-bond donors (Lipinski definition) is 0. The fraction of sp³-hybridized carbons (Fsp3) is 0.269. The molecule has 3 heterocycles. The average Bonchev–Trinajstić information content (AvgIpc) is 3.33. The minimum atomic E-state index is -0.375. The van der Waals surface area contributed by atoms with Crippen molar-refractivity contribution in [3.8, 4) is 22.8 Å². The van der Waals surface area contributed by atoms with Crippen molar-refractivity contribution < 1.29 is 13.6 Å². The van der Waals surface area contributed by atoms with Gasteiger partial charge in [-0.1, -0.05) is 6.92 Å². The molecule has 0 bridgehead atoms. The first-order valence-corrected chi connectivity index (χ1v) is 12.3. The van der Waals surface area contributed by atoms with Crippen LogP contribution in [0.1, 0.15) is 12.6 Å². The third kappa shape index (κ3) is 5.43. The van der Waals surface area contributed by atoms with Crippen LogP contribution in [-0.4, -0.2) is 61.7 Å². The highest BCUT2D eigenvalue weighted by Gasteiger charge is 2.25. The Balaban J connectivity index is 1.34. The molecule has 0 aliphatic carbocycles. The van der Waals surface area contributed by atoms with E-state index in [0.717, 1.165) is 17.8 Å². The molecule has 4 aromatic rings. The molecule has 0 unspecified atom stereocenters. The Hall–Kier alpha value is -3.92. The number of anilines is 1. The van der Waals surface area contributed by atoms with Crippen LogP contribution in [0.4, 0.5) is 14.5 Å². The van der Waals surface area contributed by atoms with Gasteiger partial charge in [0.05, 0.1) is 17.6 Å². The maximum atomic E-state index is 13.5. The lowest BCUT2D eigenvalue weighted by Gasteiger charge is -2.36. The van der Waals surface area contributed by atoms with Gasteiger partial charge in [0.25, 0.3) is 0 Å². The topological polar surface area (TPSA) is 80.0 Å². The van der Waals surface area contributed by atoms with E-state index in [2.05, 4.69) is 25.0 Å². The van der Waals surface area contributed by atoms with Crippen LogP contribution in [0.15, 0.2) is 54.7 Å². The number of aromatic nitrogens is 5. The first kappa shape index (κ1) is 24.8. The van der Waals surface area contributed by atoms with E-state index in [1.165, 1.54) is 28.9 Å². The zero-order valence-corrected chi connectivity index (χ0v) is 20.9. The lowest BCUT2D eigenvalue weighted by molar-refractivity contribution is -0.132. The van der Waals surface area contributed by atoms with Crippen molar-refractivity contribution in [2.24, 2.45) is 0 Å². The molecule has 0 N–H and O–H groups in total. The smallest absolute Gasteiger partial charge is 0.244 e. The summed E-state index contributed by atoms with van der Waals surface area (Å²) in [6.45, 7) is 4.29. The molecule has 0 saturated carbocycles. The summed E-state index contributed by atoms with van der Waals surface area (Å²) < 4.78 is 28.5. The van der Waals surface area contributed by atoms with Crippen molar-refractivity contribution in [2.75, 3.05) is 31.1 Å². The largest absolute Gasteiger partial charge is 0.365 e. The molecule has 190 valence electrons. The van der Waals surface area contributed by atoms with Crippen LogP contribution in [0.2, 0.25) is 5.28 Å². The van der Waals surface area contributed by atoms with Crippen LogP contribution in [-0.2, 0) is 17.8 Å². The zero-order valence-electron chi connectivity index (χ0n) is 20.1. The second kappa shape index (κ2) is 10.6.